The van der Waals surface area contributed by atoms with Crippen LogP contribution in [0.5, 0.6) is 5.88 Å². The maximum atomic E-state index is 5.30. The van der Waals surface area contributed by atoms with Gasteiger partial charge in [-0.25, -0.2) is 4.98 Å². The highest BCUT2D eigenvalue weighted by molar-refractivity contribution is 7.80. The van der Waals surface area contributed by atoms with Crippen molar-refractivity contribution < 1.29 is 4.74 Å². The van der Waals surface area contributed by atoms with Crippen LogP contribution >= 0.6 is 12.6 Å². The predicted octanol–water partition coefficient (Wildman–Crippen LogP) is 0.968. The van der Waals surface area contributed by atoms with Crippen LogP contribution in [0.1, 0.15) is 0 Å². The lowest BCUT2D eigenvalue weighted by molar-refractivity contribution is 0.305. The Balaban J connectivity index is 2.41. The van der Waals surface area contributed by atoms with E-state index < -0.39 is 0 Å². The number of likely N-dealkylation sites (N-methyl/N-ethyl adjacent to an activating group) is 1. The van der Waals surface area contributed by atoms with E-state index in [1.54, 1.807) is 12.3 Å². The van der Waals surface area contributed by atoms with Crippen LogP contribution in [0.4, 0.5) is 0 Å². The Bertz CT molecular complexity index is 242. The summed E-state index contributed by atoms with van der Waals surface area (Å²) in [6.45, 7) is 1.44. The molecule has 3 nitrogen and oxygen atoms in total. The zero-order valence-corrected chi connectivity index (χ0v) is 7.84. The normalized spacial score (nSPS) is 9.83. The molecule has 12 heavy (non-hydrogen) atoms. The number of hydrogen-bond acceptors (Lipinski definition) is 4. The van der Waals surface area contributed by atoms with Gasteiger partial charge in [-0.2, -0.15) is 0 Å². The molecule has 0 saturated heterocycles. The van der Waals surface area contributed by atoms with Crippen molar-refractivity contribution in [2.75, 3.05) is 20.2 Å². The number of pyridine rings is 1. The molecule has 0 aromatic carbocycles. The molecule has 0 bridgehead atoms. The Morgan fingerprint density at radius 1 is 1.67 bits per heavy atom. The second-order valence-corrected chi connectivity index (χ2v) is 2.82. The van der Waals surface area contributed by atoms with Crippen molar-refractivity contribution in [1.82, 2.24) is 10.3 Å². The largest absolute Gasteiger partial charge is 0.476 e. The molecule has 0 unspecified atom stereocenters. The monoisotopic (exact) mass is 184 g/mol. The van der Waals surface area contributed by atoms with Crippen LogP contribution in [0, 0.1) is 0 Å². The fraction of sp³-hybridized carbons (Fsp3) is 0.375. The van der Waals surface area contributed by atoms with E-state index in [-0.39, 0.29) is 0 Å². The molecule has 0 amide bonds. The average Bonchev–Trinajstić information content (AvgIpc) is 2.05. The van der Waals surface area contributed by atoms with E-state index in [1.807, 2.05) is 13.1 Å². The summed E-state index contributed by atoms with van der Waals surface area (Å²) >= 11 is 4.16. The van der Waals surface area contributed by atoms with Crippen LogP contribution in [0.2, 0.25) is 0 Å². The molecule has 0 aliphatic carbocycles. The third-order valence-electron chi connectivity index (χ3n) is 1.32. The van der Waals surface area contributed by atoms with Gasteiger partial charge in [0.1, 0.15) is 6.61 Å². The molecule has 0 aliphatic heterocycles. The molecule has 0 atom stereocenters. The lowest BCUT2D eigenvalue weighted by Gasteiger charge is -2.03. The molecule has 1 N–H and O–H groups in total. The zero-order valence-electron chi connectivity index (χ0n) is 6.95. The molecule has 0 saturated carbocycles. The summed E-state index contributed by atoms with van der Waals surface area (Å²) < 4.78 is 5.30. The molecule has 1 aromatic rings. The van der Waals surface area contributed by atoms with E-state index in [1.165, 1.54) is 0 Å². The maximum Gasteiger partial charge on any atom is 0.214 e. The zero-order chi connectivity index (χ0) is 8.81. The van der Waals surface area contributed by atoms with Gasteiger partial charge in [-0.1, -0.05) is 0 Å². The van der Waals surface area contributed by atoms with Crippen molar-refractivity contribution in [1.29, 1.82) is 0 Å². The SMILES string of the molecule is CNCCOc1cc(S)ccn1. The van der Waals surface area contributed by atoms with Gasteiger partial charge >= 0.3 is 0 Å². The molecule has 0 aliphatic rings. The van der Waals surface area contributed by atoms with Crippen LogP contribution in [0.3, 0.4) is 0 Å². The van der Waals surface area contributed by atoms with Crippen molar-refractivity contribution in [3.05, 3.63) is 18.3 Å². The third kappa shape index (κ3) is 3.11. The van der Waals surface area contributed by atoms with Gasteiger partial charge in [0.05, 0.1) is 0 Å². The molecule has 4 heteroatoms. The van der Waals surface area contributed by atoms with Crippen molar-refractivity contribution in [3.8, 4) is 5.88 Å². The van der Waals surface area contributed by atoms with Gasteiger partial charge in [0.2, 0.25) is 5.88 Å². The number of nitrogens with one attached hydrogen (secondary N) is 1. The van der Waals surface area contributed by atoms with Crippen molar-refractivity contribution >= 4 is 12.6 Å². The molecular weight excluding hydrogens is 172 g/mol. The minimum absolute atomic E-state index is 0.623. The van der Waals surface area contributed by atoms with E-state index in [2.05, 4.69) is 22.9 Å². The highest BCUT2D eigenvalue weighted by atomic mass is 32.1. The van der Waals surface area contributed by atoms with Gasteiger partial charge in [0.25, 0.3) is 0 Å². The molecular formula is C8H12N2OS. The Labute approximate surface area is 77.6 Å². The summed E-state index contributed by atoms with van der Waals surface area (Å²) in [6, 6.07) is 3.60. The molecule has 0 radical (unpaired) electrons. The topological polar surface area (TPSA) is 34.1 Å². The standard InChI is InChI=1S/C8H12N2OS/c1-9-4-5-11-8-6-7(12)2-3-10-8/h2-3,6,9H,4-5H2,1H3,(H,10,12). The predicted molar refractivity (Wildman–Crippen MR) is 50.9 cm³/mol. The summed E-state index contributed by atoms with van der Waals surface area (Å²) in [5.41, 5.74) is 0. The lowest BCUT2D eigenvalue weighted by Crippen LogP contribution is -2.16. The summed E-state index contributed by atoms with van der Waals surface area (Å²) in [7, 11) is 1.88. The van der Waals surface area contributed by atoms with Crippen LogP contribution < -0.4 is 10.1 Å². The van der Waals surface area contributed by atoms with Crippen LogP contribution in [-0.4, -0.2) is 25.2 Å². The Morgan fingerprint density at radius 3 is 3.17 bits per heavy atom. The average molecular weight is 184 g/mol. The Kier molecular flexibility index (Phi) is 3.90. The van der Waals surface area contributed by atoms with Crippen molar-refractivity contribution in [3.63, 3.8) is 0 Å². The molecule has 66 valence electrons. The van der Waals surface area contributed by atoms with Crippen LogP contribution in [-0.2, 0) is 0 Å². The van der Waals surface area contributed by atoms with Gasteiger partial charge in [-0.05, 0) is 13.1 Å². The van der Waals surface area contributed by atoms with Crippen LogP contribution in [0.25, 0.3) is 0 Å². The number of thiol groups is 1. The van der Waals surface area contributed by atoms with Gasteiger partial charge in [-0.3, -0.25) is 0 Å². The van der Waals surface area contributed by atoms with E-state index in [0.717, 1.165) is 11.4 Å². The summed E-state index contributed by atoms with van der Waals surface area (Å²) in [6.07, 6.45) is 1.68. The van der Waals surface area contributed by atoms with Gasteiger partial charge in [-0.15, -0.1) is 12.6 Å². The maximum absolute atomic E-state index is 5.30. The first kappa shape index (κ1) is 9.35. The summed E-state index contributed by atoms with van der Waals surface area (Å²) in [4.78, 5) is 4.88. The second-order valence-electron chi connectivity index (χ2n) is 2.30. The smallest absolute Gasteiger partial charge is 0.214 e. The number of nitrogens with zero attached hydrogens (tertiary/aromatic N) is 1. The fourth-order valence-electron chi connectivity index (χ4n) is 0.736. The molecule has 0 spiro atoms. The summed E-state index contributed by atoms with van der Waals surface area (Å²) in [5, 5.41) is 2.98. The van der Waals surface area contributed by atoms with Gasteiger partial charge in [0.15, 0.2) is 0 Å². The molecule has 0 fully saturated rings. The number of ether oxygens (including phenoxy) is 1. The first-order chi connectivity index (χ1) is 5.83. The van der Waals surface area contributed by atoms with E-state index in [9.17, 15) is 0 Å². The molecule has 1 rings (SSSR count). The number of rotatable bonds is 4. The minimum atomic E-state index is 0.623. The highest BCUT2D eigenvalue weighted by Gasteiger charge is 1.93. The summed E-state index contributed by atoms with van der Waals surface area (Å²) in [5.74, 6) is 0.623. The van der Waals surface area contributed by atoms with Gasteiger partial charge < -0.3 is 10.1 Å². The number of hydrogen-bond donors (Lipinski definition) is 2. The van der Waals surface area contributed by atoms with Crippen molar-refractivity contribution in [2.24, 2.45) is 0 Å². The Morgan fingerprint density at radius 2 is 2.50 bits per heavy atom. The minimum Gasteiger partial charge on any atom is -0.476 e. The van der Waals surface area contributed by atoms with E-state index >= 15 is 0 Å². The highest BCUT2D eigenvalue weighted by Crippen LogP contribution is 2.11. The third-order valence-corrected chi connectivity index (χ3v) is 1.60. The lowest BCUT2D eigenvalue weighted by atomic mass is 10.5. The van der Waals surface area contributed by atoms with Crippen molar-refractivity contribution in [2.45, 2.75) is 4.90 Å². The first-order valence-corrected chi connectivity index (χ1v) is 4.20. The fourth-order valence-corrected chi connectivity index (χ4v) is 0.913. The Hall–Kier alpha value is -0.740. The van der Waals surface area contributed by atoms with Crippen LogP contribution in [0.15, 0.2) is 23.2 Å². The molecule has 1 heterocycles. The second kappa shape index (κ2) is 5.00. The quantitative estimate of drug-likeness (QED) is 0.540. The first-order valence-electron chi connectivity index (χ1n) is 3.75. The molecule has 1 aromatic heterocycles. The van der Waals surface area contributed by atoms with Gasteiger partial charge in [0, 0.05) is 23.7 Å². The van der Waals surface area contributed by atoms with E-state index in [0.29, 0.717) is 12.5 Å². The van der Waals surface area contributed by atoms with E-state index in [4.69, 9.17) is 4.74 Å². The number of aromatic nitrogens is 1.